The van der Waals surface area contributed by atoms with Crippen LogP contribution in [0.3, 0.4) is 0 Å². The Labute approximate surface area is 148 Å². The van der Waals surface area contributed by atoms with Crippen molar-refractivity contribution in [2.75, 3.05) is 12.4 Å². The second-order valence-corrected chi connectivity index (χ2v) is 6.59. The van der Waals surface area contributed by atoms with Crippen molar-refractivity contribution in [1.82, 2.24) is 0 Å². The van der Waals surface area contributed by atoms with Crippen molar-refractivity contribution in [3.8, 4) is 11.5 Å². The van der Waals surface area contributed by atoms with Gasteiger partial charge in [0.1, 0.15) is 11.4 Å². The van der Waals surface area contributed by atoms with Crippen LogP contribution in [0.5, 0.6) is 11.5 Å². The number of ether oxygens (including phenoxy) is 1. The van der Waals surface area contributed by atoms with Crippen LogP contribution in [0.1, 0.15) is 44.3 Å². The molecule has 1 unspecified atom stereocenters. The second-order valence-electron chi connectivity index (χ2n) is 6.59. The first-order valence-electron chi connectivity index (χ1n) is 7.96. The summed E-state index contributed by atoms with van der Waals surface area (Å²) in [4.78, 5) is 38.0. The highest BCUT2D eigenvalue weighted by Gasteiger charge is 2.44. The van der Waals surface area contributed by atoms with Crippen LogP contribution < -0.4 is 10.1 Å². The summed E-state index contributed by atoms with van der Waals surface area (Å²) in [5.74, 6) is -2.12. The normalized spacial score (nSPS) is 20.8. The van der Waals surface area contributed by atoms with Crippen LogP contribution in [0.4, 0.5) is 5.69 Å². The molecule has 0 radical (unpaired) electrons. The number of aliphatic hydroxyl groups is 1. The highest BCUT2D eigenvalue weighted by atomic mass is 16.5. The Hall–Kier alpha value is -3.19. The van der Waals surface area contributed by atoms with Crippen molar-refractivity contribution in [2.24, 2.45) is 0 Å². The summed E-state index contributed by atoms with van der Waals surface area (Å²) >= 11 is 0. The van der Waals surface area contributed by atoms with Gasteiger partial charge in [0, 0.05) is 23.1 Å². The van der Waals surface area contributed by atoms with E-state index in [-0.39, 0.29) is 45.7 Å². The van der Waals surface area contributed by atoms with Gasteiger partial charge in [-0.1, -0.05) is 24.3 Å². The minimum Gasteiger partial charge on any atom is -0.505 e. The lowest BCUT2D eigenvalue weighted by Crippen LogP contribution is -2.46. The number of carbonyl (C=O) groups is 3. The van der Waals surface area contributed by atoms with Crippen molar-refractivity contribution >= 4 is 23.2 Å². The molecule has 7 nitrogen and oxygen atoms in total. The fourth-order valence-electron chi connectivity index (χ4n) is 3.55. The highest BCUT2D eigenvalue weighted by Crippen LogP contribution is 2.48. The lowest BCUT2D eigenvalue weighted by atomic mass is 9.79. The Morgan fingerprint density at radius 3 is 2.23 bits per heavy atom. The second kappa shape index (κ2) is 5.15. The molecular weight excluding hydrogens is 338 g/mol. The molecule has 1 aliphatic heterocycles. The Kier molecular flexibility index (Phi) is 3.23. The number of phenolic OH excluding ortho intramolecular Hbond substituents is 1. The van der Waals surface area contributed by atoms with Gasteiger partial charge in [-0.2, -0.15) is 0 Å². The van der Waals surface area contributed by atoms with Gasteiger partial charge in [-0.15, -0.1) is 0 Å². The number of aromatic hydroxyl groups is 1. The fraction of sp³-hybridized carbons (Fsp3) is 0.211. The number of ketones is 2. The molecule has 1 amide bonds. The van der Waals surface area contributed by atoms with Crippen molar-refractivity contribution < 1.29 is 29.3 Å². The summed E-state index contributed by atoms with van der Waals surface area (Å²) in [7, 11) is 1.33. The maximum atomic E-state index is 13.0. The quantitative estimate of drug-likeness (QED) is 0.570. The summed E-state index contributed by atoms with van der Waals surface area (Å²) < 4.78 is 5.38. The largest absolute Gasteiger partial charge is 0.505 e. The number of fused-ring (bicyclic) bond motifs is 3. The molecule has 3 N–H and O–H groups in total. The van der Waals surface area contributed by atoms with E-state index < -0.39 is 28.8 Å². The molecular formula is C19H15NO6. The third kappa shape index (κ3) is 1.94. The average Bonchev–Trinajstić information content (AvgIpc) is 2.61. The summed E-state index contributed by atoms with van der Waals surface area (Å²) in [6.45, 7) is 1.32. The van der Waals surface area contributed by atoms with Crippen LogP contribution in [-0.2, 0) is 11.2 Å². The van der Waals surface area contributed by atoms with Crippen LogP contribution in [0.15, 0.2) is 24.3 Å². The number of anilines is 1. The molecule has 0 saturated carbocycles. The molecule has 2 aromatic rings. The third-order valence-electron chi connectivity index (χ3n) is 4.85. The number of methoxy groups -OCH3 is 1. The topological polar surface area (TPSA) is 113 Å². The number of carbonyl (C=O) groups excluding carboxylic acids is 3. The first kappa shape index (κ1) is 16.3. The van der Waals surface area contributed by atoms with Crippen LogP contribution in [0.25, 0.3) is 0 Å². The van der Waals surface area contributed by atoms with E-state index in [0.717, 1.165) is 0 Å². The van der Waals surface area contributed by atoms with Gasteiger partial charge >= 0.3 is 0 Å². The van der Waals surface area contributed by atoms with E-state index >= 15 is 0 Å². The molecule has 26 heavy (non-hydrogen) atoms. The fourth-order valence-corrected chi connectivity index (χ4v) is 3.55. The molecule has 1 heterocycles. The van der Waals surface area contributed by atoms with Gasteiger partial charge in [-0.3, -0.25) is 14.4 Å². The molecule has 4 rings (SSSR count). The molecule has 0 fully saturated rings. The molecule has 0 saturated heterocycles. The Bertz CT molecular complexity index is 1020. The monoisotopic (exact) mass is 353 g/mol. The van der Waals surface area contributed by atoms with Crippen LogP contribution >= 0.6 is 0 Å². The molecule has 132 valence electrons. The van der Waals surface area contributed by atoms with Gasteiger partial charge < -0.3 is 20.3 Å². The minimum absolute atomic E-state index is 0.0161. The highest BCUT2D eigenvalue weighted by molar-refractivity contribution is 6.31. The van der Waals surface area contributed by atoms with Crippen LogP contribution in [0, 0.1) is 0 Å². The number of hydrogen-bond acceptors (Lipinski definition) is 6. The van der Waals surface area contributed by atoms with Crippen LogP contribution in [-0.4, -0.2) is 40.4 Å². The Morgan fingerprint density at radius 1 is 1.08 bits per heavy atom. The maximum Gasteiger partial charge on any atom is 0.256 e. The Morgan fingerprint density at radius 2 is 1.65 bits per heavy atom. The van der Waals surface area contributed by atoms with Crippen molar-refractivity contribution in [2.45, 2.75) is 18.9 Å². The third-order valence-corrected chi connectivity index (χ3v) is 4.85. The van der Waals surface area contributed by atoms with E-state index in [1.807, 2.05) is 0 Å². The van der Waals surface area contributed by atoms with E-state index in [9.17, 15) is 24.6 Å². The van der Waals surface area contributed by atoms with E-state index in [2.05, 4.69) is 5.32 Å². The number of benzene rings is 2. The standard InChI is InChI=1S/C19H15NO6/c1-19(25)7-10-13(20-18(19)24)16(23)11-12(17(10)26-2)15(22)9-6-4-3-5-8(9)14(11)21/h3-6,23,25H,7H2,1-2H3,(H,20,24). The van der Waals surface area contributed by atoms with Gasteiger partial charge in [-0.05, 0) is 6.92 Å². The molecule has 2 aliphatic rings. The molecule has 1 aliphatic carbocycles. The van der Waals surface area contributed by atoms with Gasteiger partial charge in [0.05, 0.1) is 23.9 Å². The molecule has 2 aromatic carbocycles. The zero-order chi connectivity index (χ0) is 18.8. The van der Waals surface area contributed by atoms with Gasteiger partial charge in [0.25, 0.3) is 5.91 Å². The summed E-state index contributed by atoms with van der Waals surface area (Å²) in [5.41, 5.74) is -1.34. The summed E-state index contributed by atoms with van der Waals surface area (Å²) in [6.07, 6.45) is -0.165. The van der Waals surface area contributed by atoms with E-state index in [0.29, 0.717) is 0 Å². The number of hydrogen-bond donors (Lipinski definition) is 3. The zero-order valence-corrected chi connectivity index (χ0v) is 14.0. The molecule has 7 heteroatoms. The summed E-state index contributed by atoms with van der Waals surface area (Å²) in [6, 6.07) is 6.31. The lowest BCUT2D eigenvalue weighted by Gasteiger charge is -2.33. The SMILES string of the molecule is COc1c2c(c(O)c3c1C(=O)c1ccccc1C3=O)NC(=O)C(C)(O)C2. The first-order chi connectivity index (χ1) is 12.3. The van der Waals surface area contributed by atoms with Gasteiger partial charge in [0.2, 0.25) is 0 Å². The molecule has 0 spiro atoms. The molecule has 0 bridgehead atoms. The number of rotatable bonds is 1. The smallest absolute Gasteiger partial charge is 0.256 e. The van der Waals surface area contributed by atoms with Crippen LogP contribution in [0.2, 0.25) is 0 Å². The van der Waals surface area contributed by atoms with E-state index in [4.69, 9.17) is 4.74 Å². The van der Waals surface area contributed by atoms with Crippen molar-refractivity contribution in [1.29, 1.82) is 0 Å². The van der Waals surface area contributed by atoms with E-state index in [1.54, 1.807) is 12.1 Å². The predicted octanol–water partition coefficient (Wildman–Crippen LogP) is 1.42. The predicted molar refractivity (Wildman–Crippen MR) is 90.9 cm³/mol. The Balaban J connectivity index is 2.08. The molecule has 1 atom stereocenters. The minimum atomic E-state index is -1.74. The lowest BCUT2D eigenvalue weighted by molar-refractivity contribution is -0.132. The number of nitrogens with one attached hydrogen (secondary N) is 1. The van der Waals surface area contributed by atoms with Gasteiger partial charge in [-0.25, -0.2) is 0 Å². The molecule has 0 aromatic heterocycles. The number of amides is 1. The number of phenols is 1. The van der Waals surface area contributed by atoms with Gasteiger partial charge in [0.15, 0.2) is 17.3 Å². The maximum absolute atomic E-state index is 13.0. The zero-order valence-electron chi connectivity index (χ0n) is 14.0. The first-order valence-corrected chi connectivity index (χ1v) is 7.96. The van der Waals surface area contributed by atoms with Crippen molar-refractivity contribution in [3.63, 3.8) is 0 Å². The van der Waals surface area contributed by atoms with Crippen molar-refractivity contribution in [3.05, 3.63) is 52.1 Å². The summed E-state index contributed by atoms with van der Waals surface area (Å²) in [5, 5.41) is 23.4. The average molecular weight is 353 g/mol. The van der Waals surface area contributed by atoms with E-state index in [1.165, 1.54) is 26.2 Å².